The maximum atomic E-state index is 12.5. The lowest BCUT2D eigenvalue weighted by Crippen LogP contribution is -2.12. The van der Waals surface area contributed by atoms with Crippen LogP contribution >= 0.6 is 0 Å². The standard InChI is InChI=1S/C19H21N5O3/c1-3-4-9-27-16-7-5-14(10-17(16)26-2)19(25)23-15-6-8-18(21-11-15)24-13-20-12-22-24/h5-8,10-13H,3-4,9H2,1-2H3,(H,23,25). The first-order valence-electron chi connectivity index (χ1n) is 8.64. The van der Waals surface area contributed by atoms with Gasteiger partial charge >= 0.3 is 0 Å². The van der Waals surface area contributed by atoms with Gasteiger partial charge in [-0.3, -0.25) is 4.79 Å². The Morgan fingerprint density at radius 2 is 2.11 bits per heavy atom. The van der Waals surface area contributed by atoms with Crippen LogP contribution in [0.4, 0.5) is 5.69 Å². The molecule has 27 heavy (non-hydrogen) atoms. The Kier molecular flexibility index (Phi) is 5.98. The van der Waals surface area contributed by atoms with Crippen LogP contribution in [0.25, 0.3) is 5.82 Å². The lowest BCUT2D eigenvalue weighted by Gasteiger charge is -2.12. The number of amides is 1. The molecule has 0 atom stereocenters. The zero-order valence-corrected chi connectivity index (χ0v) is 15.3. The lowest BCUT2D eigenvalue weighted by atomic mass is 10.2. The number of nitrogens with zero attached hydrogens (tertiary/aromatic N) is 4. The molecule has 1 N–H and O–H groups in total. The predicted octanol–water partition coefficient (Wildman–Crippen LogP) is 3.10. The summed E-state index contributed by atoms with van der Waals surface area (Å²) in [4.78, 5) is 20.6. The molecule has 0 aliphatic carbocycles. The van der Waals surface area contributed by atoms with Crippen LogP contribution in [0.1, 0.15) is 30.1 Å². The molecule has 1 amide bonds. The van der Waals surface area contributed by atoms with E-state index in [0.717, 1.165) is 12.8 Å². The maximum Gasteiger partial charge on any atom is 0.255 e. The third-order valence-corrected chi connectivity index (χ3v) is 3.84. The number of anilines is 1. The lowest BCUT2D eigenvalue weighted by molar-refractivity contribution is 0.102. The van der Waals surface area contributed by atoms with Crippen molar-refractivity contribution in [1.29, 1.82) is 0 Å². The first kappa shape index (κ1) is 18.4. The summed E-state index contributed by atoms with van der Waals surface area (Å²) in [5.74, 6) is 1.50. The van der Waals surface area contributed by atoms with Crippen molar-refractivity contribution in [3.8, 4) is 17.3 Å². The van der Waals surface area contributed by atoms with Crippen molar-refractivity contribution in [3.05, 3.63) is 54.7 Å². The number of nitrogens with one attached hydrogen (secondary N) is 1. The second kappa shape index (κ2) is 8.79. The first-order chi connectivity index (χ1) is 13.2. The number of methoxy groups -OCH3 is 1. The quantitative estimate of drug-likeness (QED) is 0.615. The van der Waals surface area contributed by atoms with Crippen LogP contribution in [0.15, 0.2) is 49.2 Å². The Hall–Kier alpha value is -3.42. The van der Waals surface area contributed by atoms with Crippen LogP contribution in [0.2, 0.25) is 0 Å². The first-order valence-corrected chi connectivity index (χ1v) is 8.64. The molecule has 0 bridgehead atoms. The second-order valence-electron chi connectivity index (χ2n) is 5.77. The van der Waals surface area contributed by atoms with Gasteiger partial charge in [-0.15, -0.1) is 0 Å². The van der Waals surface area contributed by atoms with Gasteiger partial charge in [0.05, 0.1) is 25.6 Å². The van der Waals surface area contributed by atoms with Crippen LogP contribution in [0.3, 0.4) is 0 Å². The fraction of sp³-hybridized carbons (Fsp3) is 0.263. The molecule has 0 fully saturated rings. The molecule has 0 aliphatic rings. The Morgan fingerprint density at radius 3 is 2.78 bits per heavy atom. The van der Waals surface area contributed by atoms with E-state index >= 15 is 0 Å². The van der Waals surface area contributed by atoms with Gasteiger partial charge in [-0.25, -0.2) is 14.6 Å². The highest BCUT2D eigenvalue weighted by molar-refractivity contribution is 6.04. The minimum absolute atomic E-state index is 0.260. The molecule has 8 nitrogen and oxygen atoms in total. The summed E-state index contributed by atoms with van der Waals surface area (Å²) >= 11 is 0. The summed E-state index contributed by atoms with van der Waals surface area (Å²) < 4.78 is 12.6. The number of hydrogen-bond acceptors (Lipinski definition) is 6. The number of ether oxygens (including phenoxy) is 2. The Labute approximate surface area is 157 Å². The van der Waals surface area contributed by atoms with Gasteiger partial charge < -0.3 is 14.8 Å². The van der Waals surface area contributed by atoms with E-state index in [-0.39, 0.29) is 5.91 Å². The van der Waals surface area contributed by atoms with E-state index in [9.17, 15) is 4.79 Å². The molecule has 3 aromatic rings. The monoisotopic (exact) mass is 367 g/mol. The third kappa shape index (κ3) is 4.60. The van der Waals surface area contributed by atoms with Crippen LogP contribution < -0.4 is 14.8 Å². The van der Waals surface area contributed by atoms with Gasteiger partial charge in [0.2, 0.25) is 0 Å². The molecule has 3 rings (SSSR count). The number of unbranched alkanes of at least 4 members (excludes halogenated alkanes) is 1. The normalized spacial score (nSPS) is 10.4. The van der Waals surface area contributed by atoms with Crippen molar-refractivity contribution < 1.29 is 14.3 Å². The van der Waals surface area contributed by atoms with Gasteiger partial charge in [0.15, 0.2) is 17.3 Å². The molecule has 0 unspecified atom stereocenters. The molecule has 1 aromatic carbocycles. The fourth-order valence-electron chi connectivity index (χ4n) is 2.38. The third-order valence-electron chi connectivity index (χ3n) is 3.84. The van der Waals surface area contributed by atoms with E-state index in [0.29, 0.717) is 35.2 Å². The average molecular weight is 367 g/mol. The summed E-state index contributed by atoms with van der Waals surface area (Å²) in [6.45, 7) is 2.71. The minimum Gasteiger partial charge on any atom is -0.493 e. The molecule has 2 heterocycles. The highest BCUT2D eigenvalue weighted by Crippen LogP contribution is 2.28. The zero-order valence-electron chi connectivity index (χ0n) is 15.3. The molecule has 8 heteroatoms. The number of benzene rings is 1. The summed E-state index contributed by atoms with van der Waals surface area (Å²) in [5, 5.41) is 6.82. The van der Waals surface area contributed by atoms with Gasteiger partial charge in [-0.1, -0.05) is 13.3 Å². The van der Waals surface area contributed by atoms with Gasteiger partial charge in [-0.2, -0.15) is 5.10 Å². The smallest absolute Gasteiger partial charge is 0.255 e. The topological polar surface area (TPSA) is 91.2 Å². The fourth-order valence-corrected chi connectivity index (χ4v) is 2.38. The van der Waals surface area contributed by atoms with E-state index in [4.69, 9.17) is 9.47 Å². The summed E-state index contributed by atoms with van der Waals surface area (Å²) in [6.07, 6.45) is 6.56. The number of aromatic nitrogens is 4. The predicted molar refractivity (Wildman–Crippen MR) is 101 cm³/mol. The maximum absolute atomic E-state index is 12.5. The number of rotatable bonds is 8. The number of carbonyl (C=O) groups is 1. The van der Waals surface area contributed by atoms with E-state index < -0.39 is 0 Å². The minimum atomic E-state index is -0.260. The van der Waals surface area contributed by atoms with E-state index in [1.165, 1.54) is 11.0 Å². The molecule has 0 aliphatic heterocycles. The van der Waals surface area contributed by atoms with E-state index in [1.54, 1.807) is 50.0 Å². The largest absolute Gasteiger partial charge is 0.493 e. The van der Waals surface area contributed by atoms with E-state index in [2.05, 4.69) is 27.3 Å². The molecule has 2 aromatic heterocycles. The number of pyridine rings is 1. The zero-order chi connectivity index (χ0) is 19.1. The molecule has 0 spiro atoms. The van der Waals surface area contributed by atoms with Gasteiger partial charge in [0.1, 0.15) is 12.7 Å². The molecular weight excluding hydrogens is 346 g/mol. The highest BCUT2D eigenvalue weighted by Gasteiger charge is 2.12. The van der Waals surface area contributed by atoms with Crippen molar-refractivity contribution in [2.45, 2.75) is 19.8 Å². The molecule has 140 valence electrons. The van der Waals surface area contributed by atoms with Crippen LogP contribution in [-0.2, 0) is 0 Å². The van der Waals surface area contributed by atoms with Crippen molar-refractivity contribution >= 4 is 11.6 Å². The molecule has 0 saturated carbocycles. The Bertz CT molecular complexity index is 879. The Morgan fingerprint density at radius 1 is 1.22 bits per heavy atom. The van der Waals surface area contributed by atoms with Gasteiger partial charge in [0, 0.05) is 5.56 Å². The average Bonchev–Trinajstić information content (AvgIpc) is 3.23. The van der Waals surface area contributed by atoms with Crippen molar-refractivity contribution in [1.82, 2.24) is 19.7 Å². The highest BCUT2D eigenvalue weighted by atomic mass is 16.5. The number of carbonyl (C=O) groups excluding carboxylic acids is 1. The van der Waals surface area contributed by atoms with Crippen molar-refractivity contribution in [2.75, 3.05) is 19.0 Å². The molecule has 0 saturated heterocycles. The number of hydrogen-bond donors (Lipinski definition) is 1. The SMILES string of the molecule is CCCCOc1ccc(C(=O)Nc2ccc(-n3cncn3)nc2)cc1OC. The molecular formula is C19H21N5O3. The van der Waals surface area contributed by atoms with E-state index in [1.807, 2.05) is 0 Å². The summed E-state index contributed by atoms with van der Waals surface area (Å²) in [5.41, 5.74) is 1.04. The second-order valence-corrected chi connectivity index (χ2v) is 5.77. The van der Waals surface area contributed by atoms with Crippen molar-refractivity contribution in [2.24, 2.45) is 0 Å². The van der Waals surface area contributed by atoms with Gasteiger partial charge in [0.25, 0.3) is 5.91 Å². The summed E-state index contributed by atoms with van der Waals surface area (Å²) in [7, 11) is 1.55. The van der Waals surface area contributed by atoms with Gasteiger partial charge in [-0.05, 0) is 36.8 Å². The molecule has 0 radical (unpaired) electrons. The van der Waals surface area contributed by atoms with Crippen LogP contribution in [0.5, 0.6) is 11.5 Å². The Balaban J connectivity index is 1.68. The van der Waals surface area contributed by atoms with Crippen LogP contribution in [0, 0.1) is 0 Å². The van der Waals surface area contributed by atoms with Crippen molar-refractivity contribution in [3.63, 3.8) is 0 Å². The summed E-state index contributed by atoms with van der Waals surface area (Å²) in [6, 6.07) is 8.61. The van der Waals surface area contributed by atoms with Crippen LogP contribution in [-0.4, -0.2) is 39.4 Å².